The Kier molecular flexibility index (Phi) is 12.7. The zero-order chi connectivity index (χ0) is 46.4. The van der Waals surface area contributed by atoms with Gasteiger partial charge >= 0.3 is 0 Å². The lowest BCUT2D eigenvalue weighted by Crippen LogP contribution is -2.47. The van der Waals surface area contributed by atoms with Gasteiger partial charge in [0.05, 0.1) is 34.2 Å². The average Bonchev–Trinajstić information content (AvgIpc) is 3.76. The van der Waals surface area contributed by atoms with E-state index < -0.39 is 39.0 Å². The number of pyridine rings is 1. The van der Waals surface area contributed by atoms with Crippen LogP contribution in [0.1, 0.15) is 49.0 Å². The molecular weight excluding hydrogens is 905 g/mol. The van der Waals surface area contributed by atoms with E-state index in [4.69, 9.17) is 20.9 Å². The van der Waals surface area contributed by atoms with Crippen molar-refractivity contribution < 1.29 is 32.0 Å². The number of nitro benzene ring substituents is 1. The monoisotopic (exact) mass is 957 g/mol. The number of carbonyl (C=O) groups excluding carboxylic acids is 1. The van der Waals surface area contributed by atoms with Crippen LogP contribution in [0.2, 0.25) is 5.02 Å². The Balaban J connectivity index is 0.965. The number of nitro groups is 1. The molecule has 5 heterocycles. The molecule has 3 aliphatic heterocycles. The lowest BCUT2D eigenvalue weighted by Gasteiger charge is -2.39. The first-order valence-electron chi connectivity index (χ1n) is 22.0. The molecule has 17 nitrogen and oxygen atoms in total. The molecule has 4 aliphatic rings. The molecule has 2 fully saturated rings. The molecule has 2 unspecified atom stereocenters. The van der Waals surface area contributed by atoms with Crippen LogP contribution in [0.4, 0.5) is 28.4 Å². The highest BCUT2D eigenvalue weighted by Crippen LogP contribution is 2.45. The van der Waals surface area contributed by atoms with Crippen molar-refractivity contribution in [3.05, 3.63) is 111 Å². The molecule has 9 rings (SSSR count). The third kappa shape index (κ3) is 9.94. The van der Waals surface area contributed by atoms with E-state index >= 15 is 0 Å². The van der Waals surface area contributed by atoms with Crippen LogP contribution in [0.25, 0.3) is 16.6 Å². The molecule has 0 radical (unpaired) electrons. The molecular formula is C46H53ClN9O8PS. The number of aromatic amines is 1. The molecule has 4 N–H and O–H groups in total. The lowest BCUT2D eigenvalue weighted by molar-refractivity contribution is -0.384. The van der Waals surface area contributed by atoms with Gasteiger partial charge in [0, 0.05) is 86.8 Å². The summed E-state index contributed by atoms with van der Waals surface area (Å²) in [4.78, 5) is 39.9. The maximum absolute atomic E-state index is 14.3. The summed E-state index contributed by atoms with van der Waals surface area (Å²) in [7, 11) is -7.49. The van der Waals surface area contributed by atoms with Crippen molar-refractivity contribution in [1.82, 2.24) is 24.7 Å². The standard InChI is InChI=1S/C46H53ClN9O8PS/c1-46(2)14-12-33(38(25-46)31-4-6-34(47)7-5-31)28-53-16-18-54(19-17-53)35-8-10-37(40(23-35)55-20-21-63-45-42(55)22-32-13-15-48-43(32)51-45)44(57)52-66(61,62)36-9-11-39(41(24-36)56(58)59)49-26-30-27-50-65(3,60)64-29-30/h4-11,13,15,22-24,30,49H,12,14,16-21,25-29H2,1-3H3,(H,48,51)(H,50,60)(H,52,57). The van der Waals surface area contributed by atoms with E-state index in [1.54, 1.807) is 12.3 Å². The van der Waals surface area contributed by atoms with Crippen molar-refractivity contribution in [2.75, 3.05) is 87.4 Å². The van der Waals surface area contributed by atoms with Crippen LogP contribution in [-0.4, -0.2) is 106 Å². The van der Waals surface area contributed by atoms with Gasteiger partial charge in [-0.05, 0) is 90.4 Å². The Hall–Kier alpha value is -5.49. The number of hydrogen-bond acceptors (Lipinski definition) is 13. The number of piperazine rings is 1. The Bertz CT molecular complexity index is 2870. The summed E-state index contributed by atoms with van der Waals surface area (Å²) in [6.07, 6.45) is 4.96. The molecule has 1 aliphatic carbocycles. The largest absolute Gasteiger partial charge is 0.474 e. The van der Waals surface area contributed by atoms with Gasteiger partial charge in [0.1, 0.15) is 23.6 Å². The molecule has 2 aromatic heterocycles. The minimum atomic E-state index is -4.62. The molecule has 5 aromatic rings. The van der Waals surface area contributed by atoms with E-state index in [-0.39, 0.29) is 42.3 Å². The van der Waals surface area contributed by atoms with Gasteiger partial charge in [-0.2, -0.15) is 4.98 Å². The Morgan fingerprint density at radius 3 is 2.56 bits per heavy atom. The van der Waals surface area contributed by atoms with Crippen molar-refractivity contribution in [1.29, 1.82) is 0 Å². The highest BCUT2D eigenvalue weighted by Gasteiger charge is 2.33. The fraction of sp³-hybridized carbons (Fsp3) is 0.391. The van der Waals surface area contributed by atoms with Crippen LogP contribution < -0.4 is 29.7 Å². The highest BCUT2D eigenvalue weighted by molar-refractivity contribution is 7.90. The van der Waals surface area contributed by atoms with E-state index in [1.807, 2.05) is 41.3 Å². The highest BCUT2D eigenvalue weighted by atomic mass is 35.5. The average molecular weight is 958 g/mol. The van der Waals surface area contributed by atoms with Crippen molar-refractivity contribution in [3.8, 4) is 5.88 Å². The quantitative estimate of drug-likeness (QED) is 0.0531. The third-order valence-corrected chi connectivity index (χ3v) is 15.9. The number of halogens is 1. The number of amides is 1. The van der Waals surface area contributed by atoms with Crippen LogP contribution >= 0.6 is 19.1 Å². The van der Waals surface area contributed by atoms with Crippen molar-refractivity contribution in [2.45, 2.75) is 38.0 Å². The van der Waals surface area contributed by atoms with Crippen LogP contribution in [0.3, 0.4) is 0 Å². The number of rotatable bonds is 12. The van der Waals surface area contributed by atoms with Crippen molar-refractivity contribution in [3.63, 3.8) is 0 Å². The zero-order valence-corrected chi connectivity index (χ0v) is 39.5. The minimum Gasteiger partial charge on any atom is -0.474 e. The topological polar surface area (TPSA) is 204 Å². The fourth-order valence-electron chi connectivity index (χ4n) is 9.14. The first kappa shape index (κ1) is 45.7. The summed E-state index contributed by atoms with van der Waals surface area (Å²) in [6, 6.07) is 20.8. The Morgan fingerprint density at radius 2 is 1.82 bits per heavy atom. The van der Waals surface area contributed by atoms with Crippen LogP contribution in [0.5, 0.6) is 5.88 Å². The third-order valence-electron chi connectivity index (χ3n) is 12.9. The number of fused-ring (bicyclic) bond motifs is 2. The van der Waals surface area contributed by atoms with E-state index in [0.717, 1.165) is 74.1 Å². The summed E-state index contributed by atoms with van der Waals surface area (Å²) >= 11 is 6.26. The summed E-state index contributed by atoms with van der Waals surface area (Å²) < 4.78 is 53.5. The molecule has 0 bridgehead atoms. The number of nitrogens with zero attached hydrogens (tertiary/aromatic N) is 5. The van der Waals surface area contributed by atoms with Gasteiger partial charge in [0.15, 0.2) is 0 Å². The van der Waals surface area contributed by atoms with Gasteiger partial charge in [-0.15, -0.1) is 0 Å². The van der Waals surface area contributed by atoms with Gasteiger partial charge in [-0.1, -0.05) is 43.2 Å². The van der Waals surface area contributed by atoms with E-state index in [2.05, 4.69) is 60.9 Å². The fourth-order valence-corrected chi connectivity index (χ4v) is 11.4. The van der Waals surface area contributed by atoms with Gasteiger partial charge in [0.2, 0.25) is 5.88 Å². The first-order valence-corrected chi connectivity index (χ1v) is 26.0. The van der Waals surface area contributed by atoms with Gasteiger partial charge in [0.25, 0.3) is 29.1 Å². The number of allylic oxidation sites excluding steroid dienone is 1. The smallest absolute Gasteiger partial charge is 0.293 e. The molecule has 20 heteroatoms. The van der Waals surface area contributed by atoms with E-state index in [1.165, 1.54) is 35.5 Å². The van der Waals surface area contributed by atoms with Crippen molar-refractivity contribution >= 4 is 80.1 Å². The number of aromatic nitrogens is 2. The number of anilines is 4. The Labute approximate surface area is 388 Å². The van der Waals surface area contributed by atoms with E-state index in [9.17, 15) is 27.9 Å². The predicted molar refractivity (Wildman–Crippen MR) is 257 cm³/mol. The maximum Gasteiger partial charge on any atom is 0.293 e. The van der Waals surface area contributed by atoms with Gasteiger partial charge in [-0.25, -0.2) is 18.2 Å². The molecule has 3 aromatic carbocycles. The predicted octanol–water partition coefficient (Wildman–Crippen LogP) is 8.03. The normalized spacial score (nSPS) is 21.3. The molecule has 348 valence electrons. The summed E-state index contributed by atoms with van der Waals surface area (Å²) in [5, 5.41) is 19.6. The number of carbonyl (C=O) groups is 1. The van der Waals surface area contributed by atoms with Crippen LogP contribution in [0.15, 0.2) is 89.5 Å². The number of nitrogens with one attached hydrogen (secondary N) is 4. The number of hydrogen-bond donors (Lipinski definition) is 4. The second-order valence-electron chi connectivity index (χ2n) is 18.2. The summed E-state index contributed by atoms with van der Waals surface area (Å²) in [5.41, 5.74) is 6.57. The summed E-state index contributed by atoms with van der Waals surface area (Å²) in [5.74, 6) is -0.686. The molecule has 2 saturated heterocycles. The molecule has 66 heavy (non-hydrogen) atoms. The SMILES string of the molecule is CC1(C)CCC(CN2CCN(c3ccc(C(=O)NS(=O)(=O)c4ccc(NCC5CNP(C)(=O)OC5)c([N+](=O)[O-])c4)c(N4CCOc5nc6[nH]ccc6cc54)c3)CC2)=C(c2ccc(Cl)cc2)C1. The zero-order valence-electron chi connectivity index (χ0n) is 37.0. The maximum atomic E-state index is 14.3. The minimum absolute atomic E-state index is 0.0811. The molecule has 0 spiro atoms. The first-order chi connectivity index (χ1) is 31.5. The number of benzene rings is 3. The number of ether oxygens (including phenoxy) is 1. The Morgan fingerprint density at radius 1 is 1.03 bits per heavy atom. The second-order valence-corrected chi connectivity index (χ2v) is 22.6. The van der Waals surface area contributed by atoms with E-state index in [0.29, 0.717) is 36.0 Å². The van der Waals surface area contributed by atoms with Crippen LogP contribution in [-0.2, 0) is 19.1 Å². The lowest BCUT2D eigenvalue weighted by atomic mass is 9.72. The molecule has 0 saturated carbocycles. The molecule has 1 amide bonds. The van der Waals surface area contributed by atoms with Crippen LogP contribution in [0, 0.1) is 21.4 Å². The summed E-state index contributed by atoms with van der Waals surface area (Å²) in [6.45, 7) is 11.5. The number of sulfonamides is 1. The molecule has 2 atom stereocenters. The van der Waals surface area contributed by atoms with Gasteiger partial charge < -0.3 is 29.4 Å². The second kappa shape index (κ2) is 18.3. The van der Waals surface area contributed by atoms with Gasteiger partial charge in [-0.3, -0.25) is 24.4 Å². The number of H-pyrrole nitrogens is 1. The van der Waals surface area contributed by atoms with Crippen molar-refractivity contribution in [2.24, 2.45) is 11.3 Å².